The summed E-state index contributed by atoms with van der Waals surface area (Å²) in [5, 5.41) is 0.744. The van der Waals surface area contributed by atoms with E-state index in [1.807, 2.05) is 46.9 Å². The third-order valence-corrected chi connectivity index (χ3v) is 6.88. The van der Waals surface area contributed by atoms with Crippen molar-refractivity contribution in [1.82, 2.24) is 24.4 Å². The topological polar surface area (TPSA) is 70.4 Å². The van der Waals surface area contributed by atoms with Gasteiger partial charge in [0.15, 0.2) is 0 Å². The molecule has 2 aliphatic rings. The van der Waals surface area contributed by atoms with Gasteiger partial charge in [-0.05, 0) is 38.0 Å². The van der Waals surface area contributed by atoms with Crippen molar-refractivity contribution in [3.63, 3.8) is 0 Å². The molecular formula is C24H28ClN7O. The quantitative estimate of drug-likeness (QED) is 0.589. The monoisotopic (exact) mass is 465 g/mol. The SMILES string of the molecule is Cc1nccn1-c1cc(N2CCC(C(=O)N3CCN(c4cccc(Cl)c4)CC3)CC2)ncn1. The van der Waals surface area contributed by atoms with Gasteiger partial charge in [0.1, 0.15) is 23.8 Å². The van der Waals surface area contributed by atoms with Gasteiger partial charge in [0.25, 0.3) is 0 Å². The number of piperidine rings is 1. The Labute approximate surface area is 198 Å². The van der Waals surface area contributed by atoms with Gasteiger partial charge < -0.3 is 14.7 Å². The molecule has 0 spiro atoms. The number of aryl methyl sites for hydroxylation is 1. The van der Waals surface area contributed by atoms with Crippen LogP contribution < -0.4 is 9.80 Å². The summed E-state index contributed by atoms with van der Waals surface area (Å²) in [6.07, 6.45) is 6.95. The van der Waals surface area contributed by atoms with E-state index in [9.17, 15) is 4.79 Å². The normalized spacial score (nSPS) is 17.5. The first-order valence-corrected chi connectivity index (χ1v) is 11.8. The van der Waals surface area contributed by atoms with Crippen LogP contribution in [0.5, 0.6) is 0 Å². The Kier molecular flexibility index (Phi) is 6.17. The van der Waals surface area contributed by atoms with Gasteiger partial charge in [-0.15, -0.1) is 0 Å². The molecule has 5 rings (SSSR count). The van der Waals surface area contributed by atoms with E-state index in [-0.39, 0.29) is 11.8 Å². The lowest BCUT2D eigenvalue weighted by molar-refractivity contribution is -0.136. The van der Waals surface area contributed by atoms with E-state index < -0.39 is 0 Å². The van der Waals surface area contributed by atoms with E-state index in [0.29, 0.717) is 0 Å². The predicted octanol–water partition coefficient (Wildman–Crippen LogP) is 3.19. The van der Waals surface area contributed by atoms with Gasteiger partial charge in [-0.25, -0.2) is 15.0 Å². The van der Waals surface area contributed by atoms with Gasteiger partial charge in [0, 0.05) is 74.4 Å². The lowest BCUT2D eigenvalue weighted by Gasteiger charge is -2.39. The van der Waals surface area contributed by atoms with Crippen LogP contribution in [0.4, 0.5) is 11.5 Å². The first-order valence-electron chi connectivity index (χ1n) is 11.4. The van der Waals surface area contributed by atoms with Crippen LogP contribution in [0.1, 0.15) is 18.7 Å². The maximum Gasteiger partial charge on any atom is 0.225 e. The molecule has 2 saturated heterocycles. The number of anilines is 2. The van der Waals surface area contributed by atoms with Crippen LogP contribution in [0.15, 0.2) is 49.1 Å². The van der Waals surface area contributed by atoms with E-state index in [0.717, 1.165) is 80.3 Å². The summed E-state index contributed by atoms with van der Waals surface area (Å²) < 4.78 is 1.95. The molecule has 0 aliphatic carbocycles. The third-order valence-electron chi connectivity index (χ3n) is 6.64. The third kappa shape index (κ3) is 4.66. The Hall–Kier alpha value is -3.13. The summed E-state index contributed by atoms with van der Waals surface area (Å²) in [6.45, 7) is 6.77. The number of carbonyl (C=O) groups is 1. The Morgan fingerprint density at radius 2 is 1.70 bits per heavy atom. The fraction of sp³-hybridized carbons (Fsp3) is 0.417. The molecule has 0 bridgehead atoms. The molecule has 1 amide bonds. The van der Waals surface area contributed by atoms with Crippen molar-refractivity contribution in [3.05, 3.63) is 59.9 Å². The molecule has 2 fully saturated rings. The molecule has 0 N–H and O–H groups in total. The Morgan fingerprint density at radius 1 is 0.939 bits per heavy atom. The molecule has 0 radical (unpaired) electrons. The van der Waals surface area contributed by atoms with Crippen LogP contribution >= 0.6 is 11.6 Å². The van der Waals surface area contributed by atoms with Gasteiger partial charge in [-0.2, -0.15) is 0 Å². The van der Waals surface area contributed by atoms with Crippen LogP contribution in [0.2, 0.25) is 5.02 Å². The minimum absolute atomic E-state index is 0.0798. The number of amides is 1. The molecule has 8 nitrogen and oxygen atoms in total. The zero-order valence-electron chi connectivity index (χ0n) is 18.8. The lowest BCUT2D eigenvalue weighted by atomic mass is 9.95. The number of carbonyl (C=O) groups excluding carboxylic acids is 1. The Bertz CT molecular complexity index is 1120. The summed E-state index contributed by atoms with van der Waals surface area (Å²) >= 11 is 6.14. The number of rotatable bonds is 4. The number of aromatic nitrogens is 4. The largest absolute Gasteiger partial charge is 0.368 e. The molecule has 2 aliphatic heterocycles. The van der Waals surface area contributed by atoms with Gasteiger partial charge in [-0.1, -0.05) is 17.7 Å². The zero-order valence-corrected chi connectivity index (χ0v) is 19.5. The molecule has 1 aromatic carbocycles. The highest BCUT2D eigenvalue weighted by molar-refractivity contribution is 6.30. The highest BCUT2D eigenvalue weighted by Gasteiger charge is 2.31. The van der Waals surface area contributed by atoms with Crippen molar-refractivity contribution in [2.45, 2.75) is 19.8 Å². The molecule has 0 atom stereocenters. The molecule has 9 heteroatoms. The lowest BCUT2D eigenvalue weighted by Crippen LogP contribution is -2.51. The molecule has 3 aromatic rings. The number of hydrogen-bond acceptors (Lipinski definition) is 6. The van der Waals surface area contributed by atoms with Crippen LogP contribution in [-0.4, -0.2) is 69.6 Å². The number of imidazole rings is 1. The smallest absolute Gasteiger partial charge is 0.225 e. The van der Waals surface area contributed by atoms with Crippen molar-refractivity contribution in [3.8, 4) is 5.82 Å². The van der Waals surface area contributed by atoms with E-state index in [1.165, 1.54) is 0 Å². The maximum atomic E-state index is 13.2. The molecule has 2 aromatic heterocycles. The van der Waals surface area contributed by atoms with Crippen LogP contribution in [0, 0.1) is 12.8 Å². The van der Waals surface area contributed by atoms with E-state index in [4.69, 9.17) is 11.6 Å². The van der Waals surface area contributed by atoms with E-state index in [1.54, 1.807) is 12.5 Å². The van der Waals surface area contributed by atoms with Crippen molar-refractivity contribution in [2.24, 2.45) is 5.92 Å². The van der Waals surface area contributed by atoms with E-state index >= 15 is 0 Å². The Morgan fingerprint density at radius 3 is 2.39 bits per heavy atom. The van der Waals surface area contributed by atoms with Crippen molar-refractivity contribution >= 4 is 29.0 Å². The predicted molar refractivity (Wildman–Crippen MR) is 129 cm³/mol. The first kappa shape index (κ1) is 21.7. The fourth-order valence-electron chi connectivity index (χ4n) is 4.73. The second-order valence-corrected chi connectivity index (χ2v) is 9.07. The molecule has 4 heterocycles. The second kappa shape index (κ2) is 9.39. The fourth-order valence-corrected chi connectivity index (χ4v) is 4.92. The summed E-state index contributed by atoms with van der Waals surface area (Å²) in [7, 11) is 0. The number of benzene rings is 1. The standard InChI is InChI=1S/C24H28ClN7O/c1-18-26-7-10-32(18)23-16-22(27-17-28-23)30-8-5-19(6-9-30)24(33)31-13-11-29(12-14-31)21-4-2-3-20(25)15-21/h2-4,7,10,15-17,19H,5-6,8-9,11-14H2,1H3. The Balaban J connectivity index is 1.16. The second-order valence-electron chi connectivity index (χ2n) is 8.63. The van der Waals surface area contributed by atoms with Crippen molar-refractivity contribution in [2.75, 3.05) is 49.1 Å². The maximum absolute atomic E-state index is 13.2. The van der Waals surface area contributed by atoms with Gasteiger partial charge in [0.05, 0.1) is 0 Å². The first-order chi connectivity index (χ1) is 16.1. The van der Waals surface area contributed by atoms with E-state index in [2.05, 4.69) is 30.8 Å². The molecular weight excluding hydrogens is 438 g/mol. The highest BCUT2D eigenvalue weighted by Crippen LogP contribution is 2.26. The van der Waals surface area contributed by atoms with Gasteiger partial charge >= 0.3 is 0 Å². The summed E-state index contributed by atoms with van der Waals surface area (Å²) in [5.41, 5.74) is 1.12. The number of hydrogen-bond donors (Lipinski definition) is 0. The zero-order chi connectivity index (χ0) is 22.8. The number of halogens is 1. The van der Waals surface area contributed by atoms with Gasteiger partial charge in [-0.3, -0.25) is 9.36 Å². The molecule has 172 valence electrons. The molecule has 0 unspecified atom stereocenters. The average molecular weight is 466 g/mol. The minimum Gasteiger partial charge on any atom is -0.368 e. The van der Waals surface area contributed by atoms with Crippen LogP contribution in [0.3, 0.4) is 0 Å². The average Bonchev–Trinajstić information content (AvgIpc) is 3.30. The summed E-state index contributed by atoms with van der Waals surface area (Å²) in [5.74, 6) is 2.97. The van der Waals surface area contributed by atoms with Gasteiger partial charge in [0.2, 0.25) is 5.91 Å². The number of nitrogens with zero attached hydrogens (tertiary/aromatic N) is 7. The number of piperazine rings is 1. The van der Waals surface area contributed by atoms with Crippen LogP contribution in [0.25, 0.3) is 5.82 Å². The van der Waals surface area contributed by atoms with Crippen molar-refractivity contribution < 1.29 is 4.79 Å². The highest BCUT2D eigenvalue weighted by atomic mass is 35.5. The molecule has 0 saturated carbocycles. The van der Waals surface area contributed by atoms with Crippen molar-refractivity contribution in [1.29, 1.82) is 0 Å². The molecule has 33 heavy (non-hydrogen) atoms. The minimum atomic E-state index is 0.0798. The summed E-state index contributed by atoms with van der Waals surface area (Å²) in [4.78, 5) is 32.9. The van der Waals surface area contributed by atoms with Crippen LogP contribution in [-0.2, 0) is 4.79 Å². The summed E-state index contributed by atoms with van der Waals surface area (Å²) in [6, 6.07) is 9.91.